The lowest BCUT2D eigenvalue weighted by Crippen LogP contribution is -2.42. The molecule has 2 aromatic rings. The van der Waals surface area contributed by atoms with E-state index < -0.39 is 11.2 Å². The van der Waals surface area contributed by atoms with E-state index in [-0.39, 0.29) is 23.3 Å². The van der Waals surface area contributed by atoms with Crippen molar-refractivity contribution in [1.29, 1.82) is 0 Å². The molecular weight excluding hydrogens is 320 g/mol. The van der Waals surface area contributed by atoms with Crippen molar-refractivity contribution in [2.24, 2.45) is 14.1 Å². The lowest BCUT2D eigenvalue weighted by atomic mass is 9.94. The van der Waals surface area contributed by atoms with Gasteiger partial charge in [-0.1, -0.05) is 19.3 Å². The first-order valence-electron chi connectivity index (χ1n) is 8.83. The molecule has 0 spiro atoms. The van der Waals surface area contributed by atoms with Crippen LogP contribution in [0.4, 0.5) is 0 Å². The molecule has 2 heterocycles. The summed E-state index contributed by atoms with van der Waals surface area (Å²) in [6.07, 6.45) is 5.55. The number of aromatic nitrogens is 3. The highest BCUT2D eigenvalue weighted by molar-refractivity contribution is 5.94. The maximum atomic E-state index is 13.0. The van der Waals surface area contributed by atoms with Crippen LogP contribution in [0.3, 0.4) is 0 Å². The average molecular weight is 344 g/mol. The van der Waals surface area contributed by atoms with Gasteiger partial charge in [0.1, 0.15) is 11.3 Å². The Labute approximate surface area is 145 Å². The van der Waals surface area contributed by atoms with Crippen LogP contribution in [0.1, 0.15) is 49.5 Å². The first-order valence-corrected chi connectivity index (χ1v) is 8.83. The summed E-state index contributed by atoms with van der Waals surface area (Å²) in [5.74, 6) is -0.135. The maximum absolute atomic E-state index is 13.0. The zero-order valence-corrected chi connectivity index (χ0v) is 15.0. The molecule has 7 nitrogen and oxygen atoms in total. The van der Waals surface area contributed by atoms with Gasteiger partial charge in [-0.3, -0.25) is 18.7 Å². The number of rotatable bonds is 3. The maximum Gasteiger partial charge on any atom is 0.332 e. The molecule has 1 amide bonds. The quantitative estimate of drug-likeness (QED) is 0.844. The molecule has 1 fully saturated rings. The number of pyridine rings is 1. The molecule has 0 radical (unpaired) electrons. The number of carbonyl (C=O) groups excluding carboxylic acids is 1. The van der Waals surface area contributed by atoms with Crippen LogP contribution >= 0.6 is 0 Å². The predicted molar refractivity (Wildman–Crippen MR) is 95.8 cm³/mol. The minimum Gasteiger partial charge on any atom is -0.335 e. The summed E-state index contributed by atoms with van der Waals surface area (Å²) in [6, 6.07) is 3.42. The standard InChI is InChI=1S/C18H24N4O3/c1-4-22(12-8-6-5-7-9-12)17(24)14-11-10-13-15(19-14)20(2)18(25)21(3)16(13)23/h10-12H,4-9H2,1-3H3. The van der Waals surface area contributed by atoms with Crippen LogP contribution in [0.2, 0.25) is 0 Å². The van der Waals surface area contributed by atoms with E-state index in [0.717, 1.165) is 30.3 Å². The fourth-order valence-corrected chi connectivity index (χ4v) is 3.68. The number of hydrogen-bond acceptors (Lipinski definition) is 4. The zero-order chi connectivity index (χ0) is 18.1. The van der Waals surface area contributed by atoms with E-state index in [4.69, 9.17) is 0 Å². The first kappa shape index (κ1) is 17.4. The molecule has 2 aromatic heterocycles. The minimum atomic E-state index is -0.450. The SMILES string of the molecule is CCN(C(=O)c1ccc2c(=O)n(C)c(=O)n(C)c2n1)C1CCCCC1. The van der Waals surface area contributed by atoms with Crippen molar-refractivity contribution in [1.82, 2.24) is 19.0 Å². The fraction of sp³-hybridized carbons (Fsp3) is 0.556. The van der Waals surface area contributed by atoms with Gasteiger partial charge in [0.05, 0.1) is 5.39 Å². The van der Waals surface area contributed by atoms with Crippen molar-refractivity contribution in [2.75, 3.05) is 6.54 Å². The van der Waals surface area contributed by atoms with E-state index in [1.165, 1.54) is 18.0 Å². The average Bonchev–Trinajstić information content (AvgIpc) is 2.65. The number of fused-ring (bicyclic) bond motifs is 1. The summed E-state index contributed by atoms with van der Waals surface area (Å²) in [7, 11) is 3.00. The summed E-state index contributed by atoms with van der Waals surface area (Å²) < 4.78 is 2.36. The number of aryl methyl sites for hydroxylation is 1. The van der Waals surface area contributed by atoms with Crippen LogP contribution in [-0.2, 0) is 14.1 Å². The highest BCUT2D eigenvalue weighted by Crippen LogP contribution is 2.23. The molecule has 3 rings (SSSR count). The summed E-state index contributed by atoms with van der Waals surface area (Å²) in [6.45, 7) is 2.59. The Hall–Kier alpha value is -2.44. The molecule has 0 N–H and O–H groups in total. The van der Waals surface area contributed by atoms with Gasteiger partial charge >= 0.3 is 5.69 Å². The van der Waals surface area contributed by atoms with Crippen LogP contribution in [0.5, 0.6) is 0 Å². The van der Waals surface area contributed by atoms with Crippen LogP contribution in [0.25, 0.3) is 11.0 Å². The number of amides is 1. The number of nitrogens with zero attached hydrogens (tertiary/aromatic N) is 4. The summed E-state index contributed by atoms with van der Waals surface area (Å²) in [5, 5.41) is 0.335. The van der Waals surface area contributed by atoms with Crippen molar-refractivity contribution in [2.45, 2.75) is 45.1 Å². The Morgan fingerprint density at radius 1 is 1.16 bits per heavy atom. The van der Waals surface area contributed by atoms with Crippen LogP contribution < -0.4 is 11.2 Å². The molecule has 0 saturated heterocycles. The van der Waals surface area contributed by atoms with Gasteiger partial charge in [0, 0.05) is 26.7 Å². The third-order valence-electron chi connectivity index (χ3n) is 5.14. The second-order valence-electron chi connectivity index (χ2n) is 6.66. The molecule has 134 valence electrons. The van der Waals surface area contributed by atoms with Crippen LogP contribution in [-0.4, -0.2) is 37.5 Å². The second kappa shape index (κ2) is 6.82. The van der Waals surface area contributed by atoms with E-state index in [1.54, 1.807) is 19.2 Å². The lowest BCUT2D eigenvalue weighted by molar-refractivity contribution is 0.0642. The van der Waals surface area contributed by atoms with Gasteiger partial charge in [0.2, 0.25) is 0 Å². The van der Waals surface area contributed by atoms with Crippen LogP contribution in [0.15, 0.2) is 21.7 Å². The van der Waals surface area contributed by atoms with E-state index >= 15 is 0 Å². The summed E-state index contributed by atoms with van der Waals surface area (Å²) in [5.41, 5.74) is -0.319. The lowest BCUT2D eigenvalue weighted by Gasteiger charge is -2.33. The Kier molecular flexibility index (Phi) is 4.74. The van der Waals surface area contributed by atoms with Crippen molar-refractivity contribution in [3.8, 4) is 0 Å². The Morgan fingerprint density at radius 2 is 1.84 bits per heavy atom. The highest BCUT2D eigenvalue weighted by Gasteiger charge is 2.26. The van der Waals surface area contributed by atoms with Crippen molar-refractivity contribution in [3.63, 3.8) is 0 Å². The van der Waals surface area contributed by atoms with Gasteiger partial charge in [-0.25, -0.2) is 9.78 Å². The molecule has 0 bridgehead atoms. The molecule has 1 aliphatic rings. The van der Waals surface area contributed by atoms with Gasteiger partial charge < -0.3 is 4.90 Å². The highest BCUT2D eigenvalue weighted by atomic mass is 16.2. The Balaban J connectivity index is 2.05. The molecule has 1 saturated carbocycles. The molecular formula is C18H24N4O3. The minimum absolute atomic E-state index is 0.135. The molecule has 7 heteroatoms. The molecule has 0 unspecified atom stereocenters. The van der Waals surface area contributed by atoms with E-state index in [2.05, 4.69) is 4.98 Å². The van der Waals surface area contributed by atoms with E-state index in [9.17, 15) is 14.4 Å². The molecule has 0 aliphatic heterocycles. The third-order valence-corrected chi connectivity index (χ3v) is 5.14. The monoisotopic (exact) mass is 344 g/mol. The molecule has 25 heavy (non-hydrogen) atoms. The van der Waals surface area contributed by atoms with Gasteiger partial charge in [-0.2, -0.15) is 0 Å². The summed E-state index contributed by atoms with van der Waals surface area (Å²) >= 11 is 0. The molecule has 0 aromatic carbocycles. The van der Waals surface area contributed by atoms with Crippen molar-refractivity contribution < 1.29 is 4.79 Å². The zero-order valence-electron chi connectivity index (χ0n) is 15.0. The van der Waals surface area contributed by atoms with Crippen LogP contribution in [0, 0.1) is 0 Å². The first-order chi connectivity index (χ1) is 12.0. The predicted octanol–water partition coefficient (Wildman–Crippen LogP) is 1.43. The van der Waals surface area contributed by atoms with E-state index in [1.807, 2.05) is 11.8 Å². The van der Waals surface area contributed by atoms with Gasteiger partial charge in [0.25, 0.3) is 11.5 Å². The van der Waals surface area contributed by atoms with E-state index in [0.29, 0.717) is 11.9 Å². The number of hydrogen-bond donors (Lipinski definition) is 0. The molecule has 1 aliphatic carbocycles. The number of carbonyl (C=O) groups is 1. The topological polar surface area (TPSA) is 77.2 Å². The Morgan fingerprint density at radius 3 is 2.48 bits per heavy atom. The summed E-state index contributed by atoms with van der Waals surface area (Å²) in [4.78, 5) is 43.5. The van der Waals surface area contributed by atoms with Crippen molar-refractivity contribution >= 4 is 16.9 Å². The van der Waals surface area contributed by atoms with Gasteiger partial charge in [-0.05, 0) is 31.9 Å². The molecule has 0 atom stereocenters. The largest absolute Gasteiger partial charge is 0.335 e. The third kappa shape index (κ3) is 2.99. The fourth-order valence-electron chi connectivity index (χ4n) is 3.68. The van der Waals surface area contributed by atoms with Gasteiger partial charge in [-0.15, -0.1) is 0 Å². The smallest absolute Gasteiger partial charge is 0.332 e. The normalized spacial score (nSPS) is 15.5. The Bertz CT molecular complexity index is 922. The second-order valence-corrected chi connectivity index (χ2v) is 6.66. The van der Waals surface area contributed by atoms with Gasteiger partial charge in [0.15, 0.2) is 0 Å². The van der Waals surface area contributed by atoms with Crippen molar-refractivity contribution in [3.05, 3.63) is 38.7 Å².